The minimum Gasteiger partial charge on any atom is -0.381 e. The summed E-state index contributed by atoms with van der Waals surface area (Å²) in [6.45, 7) is 6.51. The standard InChI is InChI=1S/C24H34F3N3O2/c1-3-16(2)23(10-6-19(14-23)28-18-8-12-32-13-9-18)22(31)30-11-7-17-4-5-21(24(25,26)27)29-20(17)15-30/h4-5,16,18-19,28H,3,6-15H2,1-2H3/t16-,19?,23?/m1/s1. The van der Waals surface area contributed by atoms with Crippen LogP contribution in [0.1, 0.15) is 69.3 Å². The van der Waals surface area contributed by atoms with Gasteiger partial charge in [-0.15, -0.1) is 0 Å². The van der Waals surface area contributed by atoms with Crippen molar-refractivity contribution in [2.75, 3.05) is 19.8 Å². The Morgan fingerprint density at radius 1 is 1.28 bits per heavy atom. The normalized spacial score (nSPS) is 27.9. The van der Waals surface area contributed by atoms with Crippen LogP contribution in [0.4, 0.5) is 13.2 Å². The largest absolute Gasteiger partial charge is 0.433 e. The van der Waals surface area contributed by atoms with Crippen LogP contribution in [0.2, 0.25) is 0 Å². The number of alkyl halides is 3. The number of hydrogen-bond donors (Lipinski definition) is 1. The van der Waals surface area contributed by atoms with Gasteiger partial charge in [-0.3, -0.25) is 4.79 Å². The van der Waals surface area contributed by atoms with Gasteiger partial charge in [0.2, 0.25) is 5.91 Å². The number of hydrogen-bond acceptors (Lipinski definition) is 4. The number of nitrogens with zero attached hydrogens (tertiary/aromatic N) is 2. The Morgan fingerprint density at radius 2 is 2.03 bits per heavy atom. The van der Waals surface area contributed by atoms with Gasteiger partial charge in [0.25, 0.3) is 0 Å². The lowest BCUT2D eigenvalue weighted by molar-refractivity contribution is -0.146. The fourth-order valence-electron chi connectivity index (χ4n) is 5.71. The van der Waals surface area contributed by atoms with Crippen molar-refractivity contribution in [2.45, 2.75) is 83.6 Å². The molecular formula is C24H34F3N3O2. The number of carbonyl (C=O) groups is 1. The monoisotopic (exact) mass is 453 g/mol. The van der Waals surface area contributed by atoms with E-state index >= 15 is 0 Å². The average Bonchev–Trinajstić information content (AvgIpc) is 3.22. The lowest BCUT2D eigenvalue weighted by Crippen LogP contribution is -2.49. The summed E-state index contributed by atoms with van der Waals surface area (Å²) in [7, 11) is 0. The van der Waals surface area contributed by atoms with Gasteiger partial charge in [-0.1, -0.05) is 26.3 Å². The molecule has 3 heterocycles. The summed E-state index contributed by atoms with van der Waals surface area (Å²) in [5.74, 6) is 0.306. The molecule has 178 valence electrons. The van der Waals surface area contributed by atoms with Crippen molar-refractivity contribution < 1.29 is 22.7 Å². The van der Waals surface area contributed by atoms with E-state index in [4.69, 9.17) is 4.74 Å². The van der Waals surface area contributed by atoms with Crippen molar-refractivity contribution >= 4 is 5.91 Å². The summed E-state index contributed by atoms with van der Waals surface area (Å²) in [6, 6.07) is 3.29. The highest BCUT2D eigenvalue weighted by molar-refractivity contribution is 5.83. The van der Waals surface area contributed by atoms with Gasteiger partial charge in [0.15, 0.2) is 0 Å². The van der Waals surface area contributed by atoms with Crippen LogP contribution in [0.3, 0.4) is 0 Å². The lowest BCUT2D eigenvalue weighted by atomic mass is 9.72. The second-order valence-corrected chi connectivity index (χ2v) is 9.74. The Bertz CT molecular complexity index is 825. The van der Waals surface area contributed by atoms with E-state index in [2.05, 4.69) is 24.1 Å². The predicted molar refractivity (Wildman–Crippen MR) is 115 cm³/mol. The molecule has 8 heteroatoms. The maximum atomic E-state index is 13.9. The van der Waals surface area contributed by atoms with E-state index in [1.165, 1.54) is 6.07 Å². The molecule has 1 aromatic heterocycles. The van der Waals surface area contributed by atoms with Gasteiger partial charge in [0.05, 0.1) is 17.7 Å². The summed E-state index contributed by atoms with van der Waals surface area (Å²) >= 11 is 0. The molecule has 0 spiro atoms. The predicted octanol–water partition coefficient (Wildman–Crippen LogP) is 4.34. The van der Waals surface area contributed by atoms with Crippen molar-refractivity contribution in [1.82, 2.24) is 15.2 Å². The van der Waals surface area contributed by atoms with Crippen molar-refractivity contribution in [3.8, 4) is 0 Å². The van der Waals surface area contributed by atoms with Gasteiger partial charge in [-0.2, -0.15) is 13.2 Å². The summed E-state index contributed by atoms with van der Waals surface area (Å²) in [6.07, 6.45) is 1.53. The molecule has 1 aliphatic carbocycles. The third kappa shape index (κ3) is 4.67. The Labute approximate surface area is 188 Å². The fraction of sp³-hybridized carbons (Fsp3) is 0.750. The van der Waals surface area contributed by atoms with E-state index in [-0.39, 0.29) is 18.4 Å². The molecule has 32 heavy (non-hydrogen) atoms. The molecule has 1 saturated carbocycles. The van der Waals surface area contributed by atoms with Crippen LogP contribution in [0.25, 0.3) is 0 Å². The molecule has 2 unspecified atom stereocenters. The van der Waals surface area contributed by atoms with Gasteiger partial charge in [0.1, 0.15) is 5.69 Å². The van der Waals surface area contributed by atoms with Crippen molar-refractivity contribution in [2.24, 2.45) is 11.3 Å². The summed E-state index contributed by atoms with van der Waals surface area (Å²) in [4.78, 5) is 19.5. The molecule has 2 fully saturated rings. The number of nitrogens with one attached hydrogen (secondary N) is 1. The van der Waals surface area contributed by atoms with Crippen molar-refractivity contribution in [3.63, 3.8) is 0 Å². The second-order valence-electron chi connectivity index (χ2n) is 9.74. The molecular weight excluding hydrogens is 419 g/mol. The van der Waals surface area contributed by atoms with E-state index in [0.717, 1.165) is 63.4 Å². The smallest absolute Gasteiger partial charge is 0.381 e. The van der Waals surface area contributed by atoms with E-state index in [1.807, 2.05) is 0 Å². The molecule has 3 aliphatic rings. The van der Waals surface area contributed by atoms with Gasteiger partial charge in [-0.25, -0.2) is 4.98 Å². The highest BCUT2D eigenvalue weighted by Crippen LogP contribution is 2.48. The molecule has 4 rings (SSSR count). The first-order valence-electron chi connectivity index (χ1n) is 11.9. The quantitative estimate of drug-likeness (QED) is 0.721. The van der Waals surface area contributed by atoms with Gasteiger partial charge in [-0.05, 0) is 56.1 Å². The third-order valence-corrected chi connectivity index (χ3v) is 7.86. The zero-order chi connectivity index (χ0) is 22.9. The van der Waals surface area contributed by atoms with Gasteiger partial charge >= 0.3 is 6.18 Å². The highest BCUT2D eigenvalue weighted by Gasteiger charge is 2.50. The van der Waals surface area contributed by atoms with Crippen LogP contribution in [0, 0.1) is 11.3 Å². The van der Waals surface area contributed by atoms with E-state index in [0.29, 0.717) is 30.7 Å². The van der Waals surface area contributed by atoms with Crippen molar-refractivity contribution in [1.29, 1.82) is 0 Å². The van der Waals surface area contributed by atoms with E-state index in [9.17, 15) is 18.0 Å². The molecule has 1 N–H and O–H groups in total. The number of halogens is 3. The zero-order valence-electron chi connectivity index (χ0n) is 19.0. The van der Waals surface area contributed by atoms with Gasteiger partial charge in [0, 0.05) is 31.8 Å². The Hall–Kier alpha value is -1.67. The first-order chi connectivity index (χ1) is 15.2. The molecule has 1 aromatic rings. The van der Waals surface area contributed by atoms with Crippen LogP contribution >= 0.6 is 0 Å². The molecule has 1 amide bonds. The molecule has 0 aromatic carbocycles. The summed E-state index contributed by atoms with van der Waals surface area (Å²) < 4.78 is 44.9. The maximum absolute atomic E-state index is 13.9. The molecule has 0 radical (unpaired) electrons. The zero-order valence-corrected chi connectivity index (χ0v) is 19.0. The number of carbonyl (C=O) groups excluding carboxylic acids is 1. The Morgan fingerprint density at radius 3 is 2.72 bits per heavy atom. The summed E-state index contributed by atoms with van der Waals surface area (Å²) in [5, 5.41) is 3.76. The molecule has 3 atom stereocenters. The first-order valence-corrected chi connectivity index (χ1v) is 11.9. The fourth-order valence-corrected chi connectivity index (χ4v) is 5.71. The highest BCUT2D eigenvalue weighted by atomic mass is 19.4. The molecule has 0 bridgehead atoms. The molecule has 2 aliphatic heterocycles. The number of aromatic nitrogens is 1. The number of pyridine rings is 1. The SMILES string of the molecule is CC[C@@H](C)C1(C(=O)N2CCc3ccc(C(F)(F)F)nc3C2)CCC(NC2CCOCC2)C1. The minimum atomic E-state index is -4.48. The number of rotatable bonds is 5. The molecule has 5 nitrogen and oxygen atoms in total. The number of fused-ring (bicyclic) bond motifs is 1. The van der Waals surface area contributed by atoms with Gasteiger partial charge < -0.3 is 15.0 Å². The maximum Gasteiger partial charge on any atom is 0.433 e. The van der Waals surface area contributed by atoms with Crippen LogP contribution in [-0.4, -0.2) is 47.6 Å². The van der Waals surface area contributed by atoms with Crippen LogP contribution in [0.5, 0.6) is 0 Å². The Kier molecular flexibility index (Phi) is 6.82. The van der Waals surface area contributed by atoms with E-state index < -0.39 is 17.3 Å². The van der Waals surface area contributed by atoms with Crippen molar-refractivity contribution in [3.05, 3.63) is 29.1 Å². The van der Waals surface area contributed by atoms with E-state index in [1.54, 1.807) is 4.90 Å². The molecule has 1 saturated heterocycles. The number of amides is 1. The third-order valence-electron chi connectivity index (χ3n) is 7.86. The topological polar surface area (TPSA) is 54.5 Å². The lowest BCUT2D eigenvalue weighted by Gasteiger charge is -2.40. The summed E-state index contributed by atoms with van der Waals surface area (Å²) in [5.41, 5.74) is -0.154. The second kappa shape index (κ2) is 9.29. The van der Waals surface area contributed by atoms with Crippen LogP contribution in [0.15, 0.2) is 12.1 Å². The van der Waals surface area contributed by atoms with Crippen LogP contribution < -0.4 is 5.32 Å². The average molecular weight is 454 g/mol. The first kappa shape index (κ1) is 23.5. The number of ether oxygens (including phenoxy) is 1. The van der Waals surface area contributed by atoms with Crippen LogP contribution in [-0.2, 0) is 28.7 Å². The minimum absolute atomic E-state index is 0.0907. The Balaban J connectivity index is 1.50.